The van der Waals surface area contributed by atoms with E-state index in [2.05, 4.69) is 6.92 Å². The lowest BCUT2D eigenvalue weighted by atomic mass is 10.2. The van der Waals surface area contributed by atoms with Crippen LogP contribution in [0.5, 0.6) is 5.75 Å². The molecule has 1 atom stereocenters. The predicted octanol–water partition coefficient (Wildman–Crippen LogP) is 3.47. The number of rotatable bonds is 8. The zero-order valence-electron chi connectivity index (χ0n) is 15.5. The van der Waals surface area contributed by atoms with Crippen LogP contribution in [0.25, 0.3) is 11.0 Å². The van der Waals surface area contributed by atoms with Crippen molar-refractivity contribution in [3.05, 3.63) is 59.7 Å². The first-order chi connectivity index (χ1) is 12.6. The van der Waals surface area contributed by atoms with E-state index in [4.69, 9.17) is 10.1 Å². The van der Waals surface area contributed by atoms with Crippen LogP contribution in [0.1, 0.15) is 25.3 Å². The number of benzene rings is 2. The zero-order valence-corrected chi connectivity index (χ0v) is 15.5. The summed E-state index contributed by atoms with van der Waals surface area (Å²) in [5.41, 5.74) is 3.49. The van der Waals surface area contributed by atoms with Gasteiger partial charge in [0.2, 0.25) is 5.62 Å². The van der Waals surface area contributed by atoms with Crippen molar-refractivity contribution in [1.82, 2.24) is 9.13 Å². The van der Waals surface area contributed by atoms with Crippen LogP contribution >= 0.6 is 0 Å². The molecule has 0 unspecified atom stereocenters. The highest BCUT2D eigenvalue weighted by Crippen LogP contribution is 2.17. The molecule has 5 heteroatoms. The number of hydrogen-bond donors (Lipinski definition) is 2. The molecular formula is C21H27N3O2. The Kier molecular flexibility index (Phi) is 5.78. The fraction of sp³-hybridized carbons (Fsp3) is 0.381. The molecule has 1 aromatic heterocycles. The summed E-state index contributed by atoms with van der Waals surface area (Å²) in [6, 6.07) is 15.8. The molecule has 5 nitrogen and oxygen atoms in total. The van der Waals surface area contributed by atoms with Gasteiger partial charge in [-0.2, -0.15) is 0 Å². The van der Waals surface area contributed by atoms with Crippen molar-refractivity contribution in [2.45, 2.75) is 45.9 Å². The van der Waals surface area contributed by atoms with Gasteiger partial charge < -0.3 is 19.0 Å². The number of aryl methyl sites for hydroxylation is 2. The van der Waals surface area contributed by atoms with Crippen LogP contribution in [-0.4, -0.2) is 27.0 Å². The molecule has 0 spiro atoms. The minimum atomic E-state index is -0.686. The quantitative estimate of drug-likeness (QED) is 0.651. The maximum Gasteiger partial charge on any atom is 0.203 e. The second-order valence-corrected chi connectivity index (χ2v) is 6.66. The molecule has 2 N–H and O–H groups in total. The zero-order chi connectivity index (χ0) is 18.5. The summed E-state index contributed by atoms with van der Waals surface area (Å²) in [5.74, 6) is 0.785. The van der Waals surface area contributed by atoms with Crippen molar-refractivity contribution in [2.24, 2.45) is 0 Å². The Bertz CT molecular complexity index is 926. The highest BCUT2D eigenvalue weighted by atomic mass is 16.5. The Labute approximate surface area is 154 Å². The third kappa shape index (κ3) is 3.83. The summed E-state index contributed by atoms with van der Waals surface area (Å²) >= 11 is 0. The van der Waals surface area contributed by atoms with E-state index in [0.717, 1.165) is 41.7 Å². The first-order valence-electron chi connectivity index (χ1n) is 9.21. The summed E-state index contributed by atoms with van der Waals surface area (Å²) in [5, 5.41) is 19.0. The van der Waals surface area contributed by atoms with Crippen LogP contribution in [0.4, 0.5) is 0 Å². The van der Waals surface area contributed by atoms with Crippen LogP contribution in [0.2, 0.25) is 0 Å². The van der Waals surface area contributed by atoms with Gasteiger partial charge in [0, 0.05) is 6.54 Å². The summed E-state index contributed by atoms with van der Waals surface area (Å²) in [4.78, 5) is 0. The topological polar surface area (TPSA) is 63.2 Å². The van der Waals surface area contributed by atoms with Crippen molar-refractivity contribution in [3.8, 4) is 5.75 Å². The molecule has 3 rings (SSSR count). The molecule has 3 aromatic rings. The molecule has 0 saturated carbocycles. The highest BCUT2D eigenvalue weighted by molar-refractivity contribution is 5.75. The Hall–Kier alpha value is -2.53. The number of nitrogens with one attached hydrogen (secondary N) is 1. The number of aliphatic hydroxyl groups is 1. The summed E-state index contributed by atoms with van der Waals surface area (Å²) < 4.78 is 9.66. The molecule has 0 amide bonds. The molecule has 0 saturated heterocycles. The van der Waals surface area contributed by atoms with E-state index >= 15 is 0 Å². The van der Waals surface area contributed by atoms with Gasteiger partial charge in [-0.05, 0) is 37.1 Å². The molecule has 0 aliphatic carbocycles. The van der Waals surface area contributed by atoms with E-state index in [0.29, 0.717) is 12.2 Å². The Morgan fingerprint density at radius 2 is 1.69 bits per heavy atom. The third-order valence-electron chi connectivity index (χ3n) is 4.63. The second-order valence-electron chi connectivity index (χ2n) is 6.66. The summed E-state index contributed by atoms with van der Waals surface area (Å²) in [6.45, 7) is 5.49. The van der Waals surface area contributed by atoms with Crippen molar-refractivity contribution < 1.29 is 9.84 Å². The number of imidazole rings is 1. The Balaban J connectivity index is 1.78. The van der Waals surface area contributed by atoms with Crippen LogP contribution in [-0.2, 0) is 13.1 Å². The number of para-hydroxylation sites is 3. The molecule has 0 radical (unpaired) electrons. The average molecular weight is 353 g/mol. The molecule has 2 aromatic carbocycles. The van der Waals surface area contributed by atoms with Crippen LogP contribution in [0, 0.1) is 12.3 Å². The highest BCUT2D eigenvalue weighted by Gasteiger charge is 2.14. The van der Waals surface area contributed by atoms with Crippen molar-refractivity contribution in [2.75, 3.05) is 6.61 Å². The fourth-order valence-corrected chi connectivity index (χ4v) is 3.19. The van der Waals surface area contributed by atoms with Crippen molar-refractivity contribution >= 4 is 11.0 Å². The molecule has 0 aliphatic rings. The van der Waals surface area contributed by atoms with Crippen molar-refractivity contribution in [1.29, 1.82) is 5.41 Å². The van der Waals surface area contributed by atoms with Gasteiger partial charge in [0.15, 0.2) is 0 Å². The van der Waals surface area contributed by atoms with E-state index < -0.39 is 6.10 Å². The fourth-order valence-electron chi connectivity index (χ4n) is 3.19. The Morgan fingerprint density at radius 3 is 2.38 bits per heavy atom. The van der Waals surface area contributed by atoms with Gasteiger partial charge in [-0.1, -0.05) is 43.7 Å². The number of nitrogens with zero attached hydrogens (tertiary/aromatic N) is 2. The molecule has 26 heavy (non-hydrogen) atoms. The van der Waals surface area contributed by atoms with Gasteiger partial charge in [-0.15, -0.1) is 0 Å². The van der Waals surface area contributed by atoms with Gasteiger partial charge in [-0.25, -0.2) is 0 Å². The number of aliphatic hydroxyl groups excluding tert-OH is 1. The normalized spacial score (nSPS) is 12.4. The minimum absolute atomic E-state index is 0.200. The molecular weight excluding hydrogens is 326 g/mol. The molecule has 0 fully saturated rings. The summed E-state index contributed by atoms with van der Waals surface area (Å²) in [7, 11) is 0. The summed E-state index contributed by atoms with van der Waals surface area (Å²) in [6.07, 6.45) is 1.43. The maximum absolute atomic E-state index is 10.5. The first-order valence-corrected chi connectivity index (χ1v) is 9.21. The number of aromatic nitrogens is 2. The lowest BCUT2D eigenvalue weighted by Crippen LogP contribution is -2.31. The SMILES string of the molecule is CCCCn1c(=N)n(C[C@@H](O)COc2ccccc2C)c2ccccc21. The van der Waals surface area contributed by atoms with E-state index in [1.165, 1.54) is 0 Å². The van der Waals surface area contributed by atoms with Crippen LogP contribution in [0.3, 0.4) is 0 Å². The van der Waals surface area contributed by atoms with Gasteiger partial charge >= 0.3 is 0 Å². The van der Waals surface area contributed by atoms with Crippen LogP contribution < -0.4 is 10.4 Å². The van der Waals surface area contributed by atoms with Gasteiger partial charge in [0.25, 0.3) is 0 Å². The Morgan fingerprint density at radius 1 is 1.04 bits per heavy atom. The van der Waals surface area contributed by atoms with Gasteiger partial charge in [0.1, 0.15) is 18.5 Å². The third-order valence-corrected chi connectivity index (χ3v) is 4.63. The number of fused-ring (bicyclic) bond motifs is 1. The number of unbranched alkanes of at least 4 members (excludes halogenated alkanes) is 1. The predicted molar refractivity (Wildman–Crippen MR) is 103 cm³/mol. The largest absolute Gasteiger partial charge is 0.491 e. The van der Waals surface area contributed by atoms with E-state index in [-0.39, 0.29) is 6.61 Å². The lowest BCUT2D eigenvalue weighted by Gasteiger charge is -2.15. The smallest absolute Gasteiger partial charge is 0.203 e. The van der Waals surface area contributed by atoms with Gasteiger partial charge in [-0.3, -0.25) is 5.41 Å². The molecule has 1 heterocycles. The standard InChI is InChI=1S/C21H27N3O2/c1-3-4-13-23-18-10-6-7-11-19(18)24(21(23)22)14-17(25)15-26-20-12-8-5-9-16(20)2/h5-12,17,22,25H,3-4,13-15H2,1-2H3/t17-/m1/s1. The van der Waals surface area contributed by atoms with Gasteiger partial charge in [0.05, 0.1) is 17.6 Å². The average Bonchev–Trinajstić information content (AvgIpc) is 2.91. The monoisotopic (exact) mass is 353 g/mol. The molecule has 138 valence electrons. The lowest BCUT2D eigenvalue weighted by molar-refractivity contribution is 0.0917. The first kappa shape index (κ1) is 18.3. The second kappa shape index (κ2) is 8.23. The van der Waals surface area contributed by atoms with E-state index in [9.17, 15) is 5.11 Å². The number of hydrogen-bond acceptors (Lipinski definition) is 3. The van der Waals surface area contributed by atoms with Crippen molar-refractivity contribution in [3.63, 3.8) is 0 Å². The van der Waals surface area contributed by atoms with E-state index in [1.807, 2.05) is 64.6 Å². The van der Waals surface area contributed by atoms with E-state index in [1.54, 1.807) is 0 Å². The number of ether oxygens (including phenoxy) is 1. The van der Waals surface area contributed by atoms with Crippen LogP contribution in [0.15, 0.2) is 48.5 Å². The molecule has 0 aliphatic heterocycles. The minimum Gasteiger partial charge on any atom is -0.491 e. The maximum atomic E-state index is 10.5. The molecule has 0 bridgehead atoms.